The third-order valence-corrected chi connectivity index (χ3v) is 5.91. The van der Waals surface area contributed by atoms with E-state index in [1.54, 1.807) is 44.4 Å². The van der Waals surface area contributed by atoms with Crippen LogP contribution in [0.5, 0.6) is 11.5 Å². The van der Waals surface area contributed by atoms with Gasteiger partial charge in [-0.2, -0.15) is 0 Å². The fraction of sp³-hybridized carbons (Fsp3) is 0.278. The lowest BCUT2D eigenvalue weighted by molar-refractivity contribution is -0.121. The average Bonchev–Trinajstić information content (AvgIpc) is 2.54. The van der Waals surface area contributed by atoms with Crippen LogP contribution in [0.4, 0.5) is 0 Å². The standard InChI is InChI=1S/C18H19NO5S/c1-11-6-4-5-7-16(11)25(21,22)19-18(20)14-10-13-12(14)8-9-15(23-2)17(13)24-3/h4-9,14H,10H2,1-3H3,(H,19,20). The molecule has 1 N–H and O–H groups in total. The molecule has 0 bridgehead atoms. The molecule has 0 heterocycles. The Labute approximate surface area is 146 Å². The van der Waals surface area contributed by atoms with Crippen molar-refractivity contribution in [2.24, 2.45) is 0 Å². The number of rotatable bonds is 5. The Kier molecular flexibility index (Phi) is 4.43. The number of amides is 1. The van der Waals surface area contributed by atoms with Crippen LogP contribution in [-0.2, 0) is 21.2 Å². The summed E-state index contributed by atoms with van der Waals surface area (Å²) < 4.78 is 37.7. The van der Waals surface area contributed by atoms with Crippen molar-refractivity contribution in [3.8, 4) is 11.5 Å². The zero-order valence-electron chi connectivity index (χ0n) is 14.2. The van der Waals surface area contributed by atoms with Gasteiger partial charge in [0.2, 0.25) is 5.91 Å². The van der Waals surface area contributed by atoms with E-state index in [9.17, 15) is 13.2 Å². The Morgan fingerprint density at radius 2 is 1.84 bits per heavy atom. The lowest BCUT2D eigenvalue weighted by atomic mass is 9.76. The molecule has 6 nitrogen and oxygen atoms in total. The second-order valence-electron chi connectivity index (χ2n) is 5.86. The first-order valence-corrected chi connectivity index (χ1v) is 9.23. The van der Waals surface area contributed by atoms with E-state index in [4.69, 9.17) is 9.47 Å². The Bertz CT molecular complexity index is 936. The molecule has 0 fully saturated rings. The van der Waals surface area contributed by atoms with Gasteiger partial charge in [0.15, 0.2) is 11.5 Å². The van der Waals surface area contributed by atoms with Crippen molar-refractivity contribution in [2.75, 3.05) is 14.2 Å². The zero-order chi connectivity index (χ0) is 18.2. The van der Waals surface area contributed by atoms with Gasteiger partial charge in [-0.1, -0.05) is 24.3 Å². The number of ether oxygens (including phenoxy) is 2. The van der Waals surface area contributed by atoms with Gasteiger partial charge in [0.25, 0.3) is 10.0 Å². The van der Waals surface area contributed by atoms with Crippen LogP contribution in [0, 0.1) is 6.92 Å². The Hall–Kier alpha value is -2.54. The van der Waals surface area contributed by atoms with Gasteiger partial charge >= 0.3 is 0 Å². The molecule has 0 radical (unpaired) electrons. The summed E-state index contributed by atoms with van der Waals surface area (Å²) in [6, 6.07) is 10.0. The molecular weight excluding hydrogens is 342 g/mol. The lowest BCUT2D eigenvalue weighted by Crippen LogP contribution is -2.39. The first-order valence-electron chi connectivity index (χ1n) is 7.75. The molecule has 0 aliphatic heterocycles. The number of hydrogen-bond donors (Lipinski definition) is 1. The number of carbonyl (C=O) groups excluding carboxylic acids is 1. The maximum atomic E-state index is 12.5. The minimum atomic E-state index is -3.90. The van der Waals surface area contributed by atoms with E-state index < -0.39 is 21.8 Å². The van der Waals surface area contributed by atoms with E-state index in [0.717, 1.165) is 11.1 Å². The van der Waals surface area contributed by atoms with Crippen LogP contribution in [-0.4, -0.2) is 28.5 Å². The summed E-state index contributed by atoms with van der Waals surface area (Å²) in [5, 5.41) is 0. The third-order valence-electron chi connectivity index (χ3n) is 4.40. The molecule has 25 heavy (non-hydrogen) atoms. The smallest absolute Gasteiger partial charge is 0.264 e. The van der Waals surface area contributed by atoms with Crippen LogP contribution in [0.1, 0.15) is 22.6 Å². The molecule has 0 aromatic heterocycles. The first-order chi connectivity index (χ1) is 11.9. The normalized spacial score (nSPS) is 15.7. The molecule has 132 valence electrons. The van der Waals surface area contributed by atoms with Crippen LogP contribution in [0.2, 0.25) is 0 Å². The highest BCUT2D eigenvalue weighted by atomic mass is 32.2. The summed E-state index contributed by atoms with van der Waals surface area (Å²) in [6.07, 6.45) is 0.408. The molecule has 1 aliphatic carbocycles. The lowest BCUT2D eigenvalue weighted by Gasteiger charge is -2.31. The van der Waals surface area contributed by atoms with Crippen molar-refractivity contribution in [3.05, 3.63) is 53.1 Å². The number of nitrogens with one attached hydrogen (secondary N) is 1. The summed E-state index contributed by atoms with van der Waals surface area (Å²) in [7, 11) is -0.819. The fourth-order valence-corrected chi connectivity index (χ4v) is 4.34. The SMILES string of the molecule is COc1ccc2c(c1OC)CC2C(=O)NS(=O)(=O)c1ccccc1C. The molecule has 1 aliphatic rings. The van der Waals surface area contributed by atoms with Gasteiger partial charge in [-0.15, -0.1) is 0 Å². The van der Waals surface area contributed by atoms with Crippen LogP contribution in [0.25, 0.3) is 0 Å². The van der Waals surface area contributed by atoms with Gasteiger partial charge in [-0.3, -0.25) is 4.79 Å². The number of aryl methyl sites for hydroxylation is 1. The largest absolute Gasteiger partial charge is 0.493 e. The van der Waals surface area contributed by atoms with E-state index >= 15 is 0 Å². The Balaban J connectivity index is 1.84. The number of sulfonamides is 1. The molecule has 0 saturated heterocycles. The number of hydrogen-bond acceptors (Lipinski definition) is 5. The number of benzene rings is 2. The van der Waals surface area contributed by atoms with E-state index in [1.165, 1.54) is 13.2 Å². The predicted molar refractivity (Wildman–Crippen MR) is 92.5 cm³/mol. The van der Waals surface area contributed by atoms with E-state index in [0.29, 0.717) is 23.5 Å². The summed E-state index contributed by atoms with van der Waals surface area (Å²) in [4.78, 5) is 12.6. The molecule has 0 saturated carbocycles. The average molecular weight is 361 g/mol. The second kappa shape index (κ2) is 6.40. The highest BCUT2D eigenvalue weighted by Crippen LogP contribution is 2.45. The minimum Gasteiger partial charge on any atom is -0.493 e. The van der Waals surface area contributed by atoms with Crippen molar-refractivity contribution >= 4 is 15.9 Å². The summed E-state index contributed by atoms with van der Waals surface area (Å²) in [6.45, 7) is 1.69. The molecule has 1 atom stereocenters. The molecule has 2 aromatic carbocycles. The van der Waals surface area contributed by atoms with Gasteiger partial charge in [0.05, 0.1) is 25.0 Å². The van der Waals surface area contributed by atoms with E-state index in [1.807, 2.05) is 0 Å². The number of carbonyl (C=O) groups is 1. The quantitative estimate of drug-likeness (QED) is 0.882. The molecule has 1 amide bonds. The van der Waals surface area contributed by atoms with Crippen LogP contribution >= 0.6 is 0 Å². The van der Waals surface area contributed by atoms with Crippen molar-refractivity contribution in [3.63, 3.8) is 0 Å². The Morgan fingerprint density at radius 1 is 1.12 bits per heavy atom. The van der Waals surface area contributed by atoms with Gasteiger partial charge in [0.1, 0.15) is 0 Å². The van der Waals surface area contributed by atoms with Gasteiger partial charge in [0, 0.05) is 5.56 Å². The predicted octanol–water partition coefficient (Wildman–Crippen LogP) is 2.16. The molecular formula is C18H19NO5S. The van der Waals surface area contributed by atoms with E-state index in [2.05, 4.69) is 4.72 Å². The van der Waals surface area contributed by atoms with Crippen LogP contribution in [0.3, 0.4) is 0 Å². The molecule has 0 spiro atoms. The Morgan fingerprint density at radius 3 is 2.48 bits per heavy atom. The molecule has 3 rings (SSSR count). The van der Waals surface area contributed by atoms with Gasteiger partial charge in [-0.25, -0.2) is 13.1 Å². The van der Waals surface area contributed by atoms with Crippen molar-refractivity contribution < 1.29 is 22.7 Å². The van der Waals surface area contributed by atoms with Crippen molar-refractivity contribution in [2.45, 2.75) is 24.2 Å². The van der Waals surface area contributed by atoms with Crippen molar-refractivity contribution in [1.29, 1.82) is 0 Å². The topological polar surface area (TPSA) is 81.7 Å². The summed E-state index contributed by atoms with van der Waals surface area (Å²) in [5.74, 6) is 0.120. The maximum absolute atomic E-state index is 12.5. The fourth-order valence-electron chi connectivity index (χ4n) is 3.08. The second-order valence-corrected chi connectivity index (χ2v) is 7.51. The van der Waals surface area contributed by atoms with Crippen molar-refractivity contribution in [1.82, 2.24) is 4.72 Å². The highest BCUT2D eigenvalue weighted by Gasteiger charge is 2.37. The molecule has 1 unspecified atom stereocenters. The zero-order valence-corrected chi connectivity index (χ0v) is 15.0. The van der Waals surface area contributed by atoms with E-state index in [-0.39, 0.29) is 4.90 Å². The first kappa shape index (κ1) is 17.3. The van der Waals surface area contributed by atoms with Crippen LogP contribution < -0.4 is 14.2 Å². The third kappa shape index (κ3) is 2.95. The van der Waals surface area contributed by atoms with Gasteiger partial charge < -0.3 is 9.47 Å². The maximum Gasteiger partial charge on any atom is 0.264 e. The number of fused-ring (bicyclic) bond motifs is 1. The highest BCUT2D eigenvalue weighted by molar-refractivity contribution is 7.90. The summed E-state index contributed by atoms with van der Waals surface area (Å²) in [5.41, 5.74) is 2.22. The van der Waals surface area contributed by atoms with Crippen LogP contribution in [0.15, 0.2) is 41.3 Å². The summed E-state index contributed by atoms with van der Waals surface area (Å²) >= 11 is 0. The number of methoxy groups -OCH3 is 2. The molecule has 2 aromatic rings. The monoisotopic (exact) mass is 361 g/mol. The molecule has 7 heteroatoms. The minimum absolute atomic E-state index is 0.107. The van der Waals surface area contributed by atoms with Gasteiger partial charge in [-0.05, 0) is 36.6 Å².